The Morgan fingerprint density at radius 3 is 2.63 bits per heavy atom. The van der Waals surface area contributed by atoms with Crippen LogP contribution in [0.1, 0.15) is 18.4 Å². The molecule has 0 atom stereocenters. The van der Waals surface area contributed by atoms with Crippen LogP contribution in [0.3, 0.4) is 0 Å². The quantitative estimate of drug-likeness (QED) is 0.154. The average Bonchev–Trinajstić information content (AvgIpc) is 3.88. The van der Waals surface area contributed by atoms with Gasteiger partial charge in [-0.3, -0.25) is 24.8 Å². The third kappa shape index (κ3) is 6.58. The Morgan fingerprint density at radius 1 is 0.898 bits per heavy atom. The van der Waals surface area contributed by atoms with Crippen LogP contribution in [0.15, 0.2) is 91.4 Å². The van der Waals surface area contributed by atoms with Crippen LogP contribution >= 0.6 is 0 Å². The molecule has 6 heterocycles. The maximum absolute atomic E-state index is 14.8. The molecule has 11 nitrogen and oxygen atoms in total. The summed E-state index contributed by atoms with van der Waals surface area (Å²) in [4.78, 5) is 37.1. The van der Waals surface area contributed by atoms with Crippen molar-refractivity contribution in [3.8, 4) is 39.8 Å². The van der Waals surface area contributed by atoms with Gasteiger partial charge in [-0.2, -0.15) is 5.10 Å². The van der Waals surface area contributed by atoms with Gasteiger partial charge in [0.2, 0.25) is 5.91 Å². The highest BCUT2D eigenvalue weighted by Crippen LogP contribution is 2.33. The predicted molar refractivity (Wildman–Crippen MR) is 185 cm³/mol. The first kappa shape index (κ1) is 30.3. The number of aromatic amines is 2. The molecule has 12 heteroatoms. The maximum atomic E-state index is 14.8. The molecule has 0 unspecified atom stereocenters. The van der Waals surface area contributed by atoms with Crippen LogP contribution in [-0.4, -0.2) is 72.2 Å². The van der Waals surface area contributed by atoms with Gasteiger partial charge in [0.15, 0.2) is 11.5 Å². The number of ether oxygens (including phenoxy) is 1. The van der Waals surface area contributed by atoms with E-state index in [0.29, 0.717) is 57.5 Å². The summed E-state index contributed by atoms with van der Waals surface area (Å²) in [6, 6.07) is 21.6. The molecule has 244 valence electrons. The smallest absolute Gasteiger partial charge is 0.228 e. The molecule has 1 saturated heterocycles. The molecule has 0 aliphatic carbocycles. The second-order valence-electron chi connectivity index (χ2n) is 12.1. The molecule has 0 radical (unpaired) electrons. The van der Waals surface area contributed by atoms with Crippen molar-refractivity contribution in [2.75, 3.05) is 31.6 Å². The van der Waals surface area contributed by atoms with Gasteiger partial charge in [-0.25, -0.2) is 14.4 Å². The van der Waals surface area contributed by atoms with Crippen LogP contribution in [0.4, 0.5) is 10.1 Å². The Kier molecular flexibility index (Phi) is 8.20. The second-order valence-corrected chi connectivity index (χ2v) is 12.1. The van der Waals surface area contributed by atoms with Gasteiger partial charge in [0, 0.05) is 36.1 Å². The topological polar surface area (TPSA) is 138 Å². The van der Waals surface area contributed by atoms with Crippen LogP contribution < -0.4 is 10.1 Å². The zero-order chi connectivity index (χ0) is 33.2. The zero-order valence-corrected chi connectivity index (χ0v) is 26.5. The van der Waals surface area contributed by atoms with E-state index < -0.39 is 5.82 Å². The van der Waals surface area contributed by atoms with Gasteiger partial charge < -0.3 is 15.0 Å². The summed E-state index contributed by atoms with van der Waals surface area (Å²) in [7, 11) is 0. The Morgan fingerprint density at radius 2 is 1.76 bits per heavy atom. The number of amides is 1. The van der Waals surface area contributed by atoms with Gasteiger partial charge in [0.1, 0.15) is 29.2 Å². The first-order valence-electron chi connectivity index (χ1n) is 16.2. The fourth-order valence-electron chi connectivity index (χ4n) is 6.20. The Balaban J connectivity index is 1.06. The third-order valence-corrected chi connectivity index (χ3v) is 8.58. The number of pyridine rings is 3. The molecule has 3 N–H and O–H groups in total. The summed E-state index contributed by atoms with van der Waals surface area (Å²) in [5.41, 5.74) is 7.09. The molecular weight excluding hydrogens is 621 g/mol. The molecule has 49 heavy (non-hydrogen) atoms. The van der Waals surface area contributed by atoms with Crippen molar-refractivity contribution in [2.24, 2.45) is 0 Å². The monoisotopic (exact) mass is 653 g/mol. The van der Waals surface area contributed by atoms with Crippen molar-refractivity contribution in [1.82, 2.24) is 40.0 Å². The molecular formula is C37H32FN9O2. The van der Waals surface area contributed by atoms with Crippen LogP contribution in [-0.2, 0) is 11.2 Å². The van der Waals surface area contributed by atoms with E-state index in [-0.39, 0.29) is 12.3 Å². The van der Waals surface area contributed by atoms with Crippen molar-refractivity contribution in [2.45, 2.75) is 19.3 Å². The fourth-order valence-corrected chi connectivity index (χ4v) is 6.20. The summed E-state index contributed by atoms with van der Waals surface area (Å²) >= 11 is 0. The number of hydrogen-bond acceptors (Lipinski definition) is 8. The Bertz CT molecular complexity index is 2280. The molecule has 1 amide bonds. The van der Waals surface area contributed by atoms with Crippen LogP contribution in [0, 0.1) is 5.82 Å². The number of likely N-dealkylation sites (tertiary alicyclic amines) is 1. The summed E-state index contributed by atoms with van der Waals surface area (Å²) in [5.74, 6) is 0.392. The Hall–Kier alpha value is -6.01. The fraction of sp³-hybridized carbons (Fsp3) is 0.189. The summed E-state index contributed by atoms with van der Waals surface area (Å²) in [6.07, 6.45) is 7.64. The minimum atomic E-state index is -0.410. The number of fused-ring (bicyclic) bond motifs is 2. The highest BCUT2D eigenvalue weighted by molar-refractivity contribution is 5.96. The van der Waals surface area contributed by atoms with E-state index in [0.717, 1.165) is 41.8 Å². The molecule has 1 fully saturated rings. The maximum Gasteiger partial charge on any atom is 0.228 e. The molecule has 7 aromatic rings. The SMILES string of the molecule is O=C(Cc1ccccc1)Nc1cncc(-c2ccc3[nH]nc(-c4nc5c(-c6cc(F)cc(OCCN7CCCC7)c6)nccc5[nH]4)c3n2)c1. The van der Waals surface area contributed by atoms with Crippen molar-refractivity contribution >= 4 is 33.7 Å². The number of imidazole rings is 1. The lowest BCUT2D eigenvalue weighted by molar-refractivity contribution is -0.115. The molecule has 0 spiro atoms. The minimum Gasteiger partial charge on any atom is -0.492 e. The number of aromatic nitrogens is 7. The number of nitrogens with zero attached hydrogens (tertiary/aromatic N) is 6. The van der Waals surface area contributed by atoms with Crippen molar-refractivity contribution in [1.29, 1.82) is 0 Å². The van der Waals surface area contributed by atoms with E-state index >= 15 is 0 Å². The first-order valence-corrected chi connectivity index (χ1v) is 16.2. The van der Waals surface area contributed by atoms with Gasteiger partial charge in [0.25, 0.3) is 0 Å². The van der Waals surface area contributed by atoms with Crippen molar-refractivity contribution < 1.29 is 13.9 Å². The zero-order valence-electron chi connectivity index (χ0n) is 26.5. The van der Waals surface area contributed by atoms with Crippen LogP contribution in [0.2, 0.25) is 0 Å². The molecule has 0 saturated carbocycles. The molecule has 1 aliphatic rings. The van der Waals surface area contributed by atoms with Gasteiger partial charge >= 0.3 is 0 Å². The predicted octanol–water partition coefficient (Wildman–Crippen LogP) is 6.42. The standard InChI is InChI=1S/C37H32FN9O2/c38-26-17-24(19-28(20-26)49-15-14-47-12-4-5-13-47)33-34-30(10-11-40-33)43-37(44-34)36-35-31(45-46-36)9-8-29(42-35)25-18-27(22-39-21-25)41-32(48)16-23-6-2-1-3-7-23/h1-3,6-11,17-22H,4-5,12-16H2,(H,41,48)(H,43,44)(H,45,46). The molecule has 8 rings (SSSR count). The normalized spacial score (nSPS) is 13.3. The molecule has 5 aromatic heterocycles. The van der Waals surface area contributed by atoms with E-state index in [4.69, 9.17) is 14.7 Å². The molecule has 0 bridgehead atoms. The largest absolute Gasteiger partial charge is 0.492 e. The number of benzene rings is 2. The number of H-pyrrole nitrogens is 2. The van der Waals surface area contributed by atoms with E-state index in [1.165, 1.54) is 25.0 Å². The van der Waals surface area contributed by atoms with E-state index in [1.54, 1.807) is 24.7 Å². The number of carbonyl (C=O) groups excluding carboxylic acids is 1. The summed E-state index contributed by atoms with van der Waals surface area (Å²) < 4.78 is 20.8. The number of anilines is 1. The van der Waals surface area contributed by atoms with Crippen LogP contribution in [0.25, 0.3) is 56.1 Å². The lowest BCUT2D eigenvalue weighted by Crippen LogP contribution is -2.25. The molecule has 1 aliphatic heterocycles. The lowest BCUT2D eigenvalue weighted by Gasteiger charge is -2.15. The number of rotatable bonds is 10. The minimum absolute atomic E-state index is 0.135. The van der Waals surface area contributed by atoms with Crippen LogP contribution in [0.5, 0.6) is 5.75 Å². The number of nitrogens with one attached hydrogen (secondary N) is 3. The van der Waals surface area contributed by atoms with Gasteiger partial charge in [0.05, 0.1) is 40.7 Å². The van der Waals surface area contributed by atoms with Crippen molar-refractivity contribution in [3.63, 3.8) is 0 Å². The van der Waals surface area contributed by atoms with E-state index in [2.05, 4.69) is 35.4 Å². The number of halogens is 1. The summed E-state index contributed by atoms with van der Waals surface area (Å²) in [5, 5.41) is 10.5. The molecule has 2 aromatic carbocycles. The Labute approximate surface area is 280 Å². The average molecular weight is 654 g/mol. The van der Waals surface area contributed by atoms with Gasteiger partial charge in [-0.1, -0.05) is 30.3 Å². The highest BCUT2D eigenvalue weighted by atomic mass is 19.1. The second kappa shape index (κ2) is 13.2. The van der Waals surface area contributed by atoms with E-state index in [9.17, 15) is 9.18 Å². The number of hydrogen-bond donors (Lipinski definition) is 3. The first-order chi connectivity index (χ1) is 24.1. The number of carbonyl (C=O) groups is 1. The van der Waals surface area contributed by atoms with Gasteiger partial charge in [-0.05, 0) is 67.9 Å². The summed E-state index contributed by atoms with van der Waals surface area (Å²) in [6.45, 7) is 3.44. The highest BCUT2D eigenvalue weighted by Gasteiger charge is 2.19. The van der Waals surface area contributed by atoms with Crippen molar-refractivity contribution in [3.05, 3.63) is 103 Å². The lowest BCUT2D eigenvalue weighted by atomic mass is 10.1. The van der Waals surface area contributed by atoms with E-state index in [1.807, 2.05) is 54.6 Å². The third-order valence-electron chi connectivity index (χ3n) is 8.58. The van der Waals surface area contributed by atoms with Gasteiger partial charge in [-0.15, -0.1) is 0 Å².